The Kier molecular flexibility index (Phi) is 5.36. The average molecular weight is 379 g/mol. The van der Waals surface area contributed by atoms with Gasteiger partial charge in [-0.2, -0.15) is 0 Å². The van der Waals surface area contributed by atoms with E-state index < -0.39 is 0 Å². The largest absolute Gasteiger partial charge is 0.441 e. The number of hydrogen-bond acceptors (Lipinski definition) is 3. The number of carbonyl (C=O) groups is 1. The molecular formula is C18H13Cl2FN2O2. The molecule has 0 aliphatic rings. The zero-order valence-corrected chi connectivity index (χ0v) is 14.4. The molecule has 1 aromatic heterocycles. The lowest BCUT2D eigenvalue weighted by Gasteiger charge is -2.05. The maximum atomic E-state index is 13.7. The van der Waals surface area contributed by atoms with Crippen LogP contribution in [0.5, 0.6) is 0 Å². The highest BCUT2D eigenvalue weighted by Crippen LogP contribution is 2.26. The molecule has 4 nitrogen and oxygen atoms in total. The third kappa shape index (κ3) is 4.38. The van der Waals surface area contributed by atoms with Crippen LogP contribution in [0.4, 0.5) is 10.1 Å². The van der Waals surface area contributed by atoms with Gasteiger partial charge >= 0.3 is 0 Å². The Hall–Kier alpha value is -2.37. The fraction of sp³-hybridized carbons (Fsp3) is 0.111. The summed E-state index contributed by atoms with van der Waals surface area (Å²) in [5.74, 6) is 0.0899. The van der Waals surface area contributed by atoms with Gasteiger partial charge in [-0.3, -0.25) is 4.79 Å². The van der Waals surface area contributed by atoms with Crippen LogP contribution in [0, 0.1) is 5.82 Å². The van der Waals surface area contributed by atoms with Crippen molar-refractivity contribution in [2.45, 2.75) is 12.8 Å². The monoisotopic (exact) mass is 378 g/mol. The Bertz CT molecular complexity index is 912. The van der Waals surface area contributed by atoms with Crippen LogP contribution in [-0.4, -0.2) is 10.9 Å². The van der Waals surface area contributed by atoms with Gasteiger partial charge in [0.15, 0.2) is 11.7 Å². The molecule has 0 spiro atoms. The quantitative estimate of drug-likeness (QED) is 0.650. The second kappa shape index (κ2) is 7.68. The van der Waals surface area contributed by atoms with Crippen LogP contribution in [0.15, 0.2) is 53.1 Å². The molecule has 0 bridgehead atoms. The van der Waals surface area contributed by atoms with Gasteiger partial charge in [0.1, 0.15) is 5.82 Å². The summed E-state index contributed by atoms with van der Waals surface area (Å²) in [5, 5.41) is 3.50. The molecule has 128 valence electrons. The van der Waals surface area contributed by atoms with Crippen molar-refractivity contribution in [1.82, 2.24) is 4.98 Å². The predicted octanol–water partition coefficient (Wildman–Crippen LogP) is 5.36. The summed E-state index contributed by atoms with van der Waals surface area (Å²) >= 11 is 11.7. The Balaban J connectivity index is 1.59. The number of amides is 1. The van der Waals surface area contributed by atoms with E-state index in [2.05, 4.69) is 10.3 Å². The van der Waals surface area contributed by atoms with Crippen LogP contribution in [0.3, 0.4) is 0 Å². The summed E-state index contributed by atoms with van der Waals surface area (Å²) in [4.78, 5) is 16.1. The van der Waals surface area contributed by atoms with Crippen LogP contribution < -0.4 is 5.32 Å². The molecule has 1 amide bonds. The van der Waals surface area contributed by atoms with Crippen molar-refractivity contribution in [2.24, 2.45) is 0 Å². The van der Waals surface area contributed by atoms with Gasteiger partial charge in [-0.15, -0.1) is 0 Å². The van der Waals surface area contributed by atoms with Gasteiger partial charge in [0.2, 0.25) is 5.91 Å². The number of carbonyl (C=O) groups excluding carboxylic acids is 1. The van der Waals surface area contributed by atoms with Crippen molar-refractivity contribution in [1.29, 1.82) is 0 Å². The molecule has 25 heavy (non-hydrogen) atoms. The van der Waals surface area contributed by atoms with Gasteiger partial charge in [-0.1, -0.05) is 35.3 Å². The summed E-state index contributed by atoms with van der Waals surface area (Å²) in [6.07, 6.45) is 1.91. The van der Waals surface area contributed by atoms with Crippen LogP contribution in [0.25, 0.3) is 11.3 Å². The highest BCUT2D eigenvalue weighted by Gasteiger charge is 2.12. The summed E-state index contributed by atoms with van der Waals surface area (Å²) in [5.41, 5.74) is 0.889. The summed E-state index contributed by atoms with van der Waals surface area (Å²) in [6, 6.07) is 11.1. The van der Waals surface area contributed by atoms with Crippen LogP contribution >= 0.6 is 23.2 Å². The van der Waals surface area contributed by atoms with Gasteiger partial charge in [0.05, 0.1) is 21.8 Å². The number of aryl methyl sites for hydroxylation is 1. The molecule has 3 aromatic rings. The molecule has 7 heteroatoms. The summed E-state index contributed by atoms with van der Waals surface area (Å²) < 4.78 is 19.2. The lowest BCUT2D eigenvalue weighted by atomic mass is 10.2. The lowest BCUT2D eigenvalue weighted by Crippen LogP contribution is -2.12. The van der Waals surface area contributed by atoms with E-state index in [1.54, 1.807) is 36.4 Å². The normalized spacial score (nSPS) is 10.7. The van der Waals surface area contributed by atoms with E-state index in [1.807, 2.05) is 0 Å². The van der Waals surface area contributed by atoms with Crippen molar-refractivity contribution in [3.05, 3.63) is 70.4 Å². The molecule has 0 aliphatic heterocycles. The molecular weight excluding hydrogens is 366 g/mol. The van der Waals surface area contributed by atoms with Gasteiger partial charge in [-0.05, 0) is 30.3 Å². The first-order valence-electron chi connectivity index (χ1n) is 7.47. The molecule has 0 radical (unpaired) electrons. The summed E-state index contributed by atoms with van der Waals surface area (Å²) in [7, 11) is 0. The number of halogens is 3. The number of nitrogens with zero attached hydrogens (tertiary/aromatic N) is 1. The SMILES string of the molecule is O=C(CCc1ncc(-c2ccccc2F)o1)Nc1ccc(Cl)c(Cl)c1. The zero-order chi connectivity index (χ0) is 17.8. The van der Waals surface area contributed by atoms with E-state index >= 15 is 0 Å². The van der Waals surface area contributed by atoms with Gasteiger partial charge in [-0.25, -0.2) is 9.37 Å². The first-order chi connectivity index (χ1) is 12.0. The van der Waals surface area contributed by atoms with Crippen molar-refractivity contribution in [3.8, 4) is 11.3 Å². The van der Waals surface area contributed by atoms with Crippen LogP contribution in [0.2, 0.25) is 10.0 Å². The Morgan fingerprint density at radius 1 is 1.16 bits per heavy atom. The minimum Gasteiger partial charge on any atom is -0.441 e. The maximum absolute atomic E-state index is 13.7. The van der Waals surface area contributed by atoms with Gasteiger partial charge < -0.3 is 9.73 Å². The topological polar surface area (TPSA) is 55.1 Å². The molecule has 3 rings (SSSR count). The van der Waals surface area contributed by atoms with E-state index in [0.29, 0.717) is 39.4 Å². The molecule has 1 heterocycles. The van der Waals surface area contributed by atoms with Crippen molar-refractivity contribution >= 4 is 34.8 Å². The van der Waals surface area contributed by atoms with E-state index in [4.69, 9.17) is 27.6 Å². The summed E-state index contributed by atoms with van der Waals surface area (Å²) in [6.45, 7) is 0. The Morgan fingerprint density at radius 3 is 2.72 bits per heavy atom. The first-order valence-corrected chi connectivity index (χ1v) is 8.23. The number of anilines is 1. The van der Waals surface area contributed by atoms with Crippen molar-refractivity contribution < 1.29 is 13.6 Å². The van der Waals surface area contributed by atoms with E-state index in [9.17, 15) is 9.18 Å². The molecule has 0 unspecified atom stereocenters. The number of hydrogen-bond donors (Lipinski definition) is 1. The van der Waals surface area contributed by atoms with Gasteiger partial charge in [0, 0.05) is 18.5 Å². The third-order valence-electron chi connectivity index (χ3n) is 3.46. The van der Waals surface area contributed by atoms with E-state index in [-0.39, 0.29) is 18.1 Å². The smallest absolute Gasteiger partial charge is 0.224 e. The third-order valence-corrected chi connectivity index (χ3v) is 4.20. The van der Waals surface area contributed by atoms with E-state index in [1.165, 1.54) is 12.3 Å². The maximum Gasteiger partial charge on any atom is 0.224 e. The Labute approximate surface area is 153 Å². The second-order valence-electron chi connectivity index (χ2n) is 5.28. The molecule has 0 saturated heterocycles. The Morgan fingerprint density at radius 2 is 1.96 bits per heavy atom. The first kappa shape index (κ1) is 17.5. The van der Waals surface area contributed by atoms with E-state index in [0.717, 1.165) is 0 Å². The molecule has 0 aliphatic carbocycles. The van der Waals surface area contributed by atoms with Crippen molar-refractivity contribution in [2.75, 3.05) is 5.32 Å². The predicted molar refractivity (Wildman–Crippen MR) is 95.3 cm³/mol. The average Bonchev–Trinajstić information content (AvgIpc) is 3.05. The number of rotatable bonds is 5. The standard InChI is InChI=1S/C18H13Cl2FN2O2/c19-13-6-5-11(9-14(13)20)23-17(24)7-8-18-22-10-16(25-18)12-3-1-2-4-15(12)21/h1-6,9-10H,7-8H2,(H,23,24). The second-order valence-corrected chi connectivity index (χ2v) is 6.09. The number of nitrogens with one attached hydrogen (secondary N) is 1. The number of benzene rings is 2. The number of oxazole rings is 1. The lowest BCUT2D eigenvalue weighted by molar-refractivity contribution is -0.116. The molecule has 2 aromatic carbocycles. The molecule has 1 N–H and O–H groups in total. The fourth-order valence-electron chi connectivity index (χ4n) is 2.23. The van der Waals surface area contributed by atoms with Crippen LogP contribution in [-0.2, 0) is 11.2 Å². The highest BCUT2D eigenvalue weighted by atomic mass is 35.5. The molecule has 0 fully saturated rings. The van der Waals surface area contributed by atoms with Gasteiger partial charge in [0.25, 0.3) is 0 Å². The van der Waals surface area contributed by atoms with Crippen LogP contribution in [0.1, 0.15) is 12.3 Å². The molecule has 0 atom stereocenters. The minimum absolute atomic E-state index is 0.164. The molecule has 0 saturated carbocycles. The highest BCUT2D eigenvalue weighted by molar-refractivity contribution is 6.42. The fourth-order valence-corrected chi connectivity index (χ4v) is 2.53. The number of aromatic nitrogens is 1. The minimum atomic E-state index is -0.387. The van der Waals surface area contributed by atoms with Crippen molar-refractivity contribution in [3.63, 3.8) is 0 Å². The zero-order valence-electron chi connectivity index (χ0n) is 12.9.